The van der Waals surface area contributed by atoms with Crippen LogP contribution in [-0.4, -0.2) is 143 Å². The first-order valence-corrected chi connectivity index (χ1v) is 22.9. The Bertz CT molecular complexity index is 3140. The number of aromatic nitrogens is 2. The van der Waals surface area contributed by atoms with E-state index < -0.39 is 121 Å². The second-order valence-electron chi connectivity index (χ2n) is 18.2. The summed E-state index contributed by atoms with van der Waals surface area (Å²) in [6.45, 7) is 1.18. The van der Waals surface area contributed by atoms with E-state index in [1.54, 1.807) is 13.8 Å². The fourth-order valence-electron chi connectivity index (χ4n) is 9.95. The summed E-state index contributed by atoms with van der Waals surface area (Å²) in [4.78, 5) is 110. The fraction of sp³-hybridized carbons (Fsp3) is 0.396. The fourth-order valence-corrected chi connectivity index (χ4v) is 9.95. The Morgan fingerprint density at radius 2 is 1.75 bits per heavy atom. The van der Waals surface area contributed by atoms with Gasteiger partial charge >= 0.3 is 18.0 Å². The summed E-state index contributed by atoms with van der Waals surface area (Å²) in [5, 5.41) is 58.3. The number of cyclic esters (lactones) is 1. The number of fused-ring (bicyclic) bond motifs is 5. The first-order valence-electron chi connectivity index (χ1n) is 22.9. The van der Waals surface area contributed by atoms with Crippen LogP contribution in [0, 0.1) is 12.7 Å². The summed E-state index contributed by atoms with van der Waals surface area (Å²) in [5.74, 6) is -6.74. The number of imide groups is 1. The molecular formula is C48H48FN7O17. The highest BCUT2D eigenvalue weighted by atomic mass is 19.1. The van der Waals surface area contributed by atoms with Crippen molar-refractivity contribution in [3.05, 3.63) is 97.6 Å². The maximum absolute atomic E-state index is 15.5. The van der Waals surface area contributed by atoms with Gasteiger partial charge in [0.25, 0.3) is 17.4 Å². The monoisotopic (exact) mass is 1010 g/mol. The first-order chi connectivity index (χ1) is 34.7. The van der Waals surface area contributed by atoms with E-state index >= 15 is 4.39 Å². The maximum Gasteiger partial charge on any atom is 0.407 e. The molecule has 8 atom stereocenters. The molecule has 0 spiro atoms. The van der Waals surface area contributed by atoms with Crippen molar-refractivity contribution in [2.24, 2.45) is 5.73 Å². The van der Waals surface area contributed by atoms with Crippen molar-refractivity contribution in [1.29, 1.82) is 0 Å². The van der Waals surface area contributed by atoms with E-state index in [9.17, 15) is 63.9 Å². The van der Waals surface area contributed by atoms with E-state index in [4.69, 9.17) is 29.7 Å². The lowest BCUT2D eigenvalue weighted by atomic mass is 9.81. The molecule has 5 aliphatic rings. The molecule has 4 aromatic rings. The summed E-state index contributed by atoms with van der Waals surface area (Å²) in [7, 11) is 1.21. The molecule has 9 rings (SSSR count). The summed E-state index contributed by atoms with van der Waals surface area (Å²) in [6, 6.07) is 4.42. The van der Waals surface area contributed by atoms with Crippen molar-refractivity contribution in [1.82, 2.24) is 24.7 Å². The number of benzene rings is 2. The van der Waals surface area contributed by atoms with Gasteiger partial charge in [0, 0.05) is 48.3 Å². The van der Waals surface area contributed by atoms with Crippen molar-refractivity contribution >= 4 is 58.3 Å². The van der Waals surface area contributed by atoms with Gasteiger partial charge in [-0.15, -0.1) is 0 Å². The number of alkyl carbamates (subject to hydrolysis) is 1. The molecule has 6 heterocycles. The number of nitrogens with zero attached hydrogens (tertiary/aromatic N) is 4. The molecular weight excluding hydrogens is 966 g/mol. The van der Waals surface area contributed by atoms with Crippen LogP contribution in [0.3, 0.4) is 0 Å². The highest BCUT2D eigenvalue weighted by Gasteiger charge is 2.49. The summed E-state index contributed by atoms with van der Waals surface area (Å²) in [6.07, 6.45) is -8.62. The number of pyridine rings is 2. The topological polar surface area (TPSA) is 349 Å². The van der Waals surface area contributed by atoms with E-state index in [2.05, 4.69) is 10.6 Å². The molecule has 0 saturated carbocycles. The number of nitrogens with one attached hydrogen (secondary N) is 2. The van der Waals surface area contributed by atoms with E-state index in [0.717, 1.165) is 17.1 Å². The highest BCUT2D eigenvalue weighted by molar-refractivity contribution is 6.15. The number of hydrogen-bond donors (Lipinski definition) is 8. The molecule has 24 nitrogen and oxygen atoms in total. The minimum Gasteiger partial charge on any atom is -0.479 e. The van der Waals surface area contributed by atoms with Crippen molar-refractivity contribution in [2.75, 3.05) is 25.5 Å². The molecule has 73 heavy (non-hydrogen) atoms. The summed E-state index contributed by atoms with van der Waals surface area (Å²) < 4.78 is 38.8. The van der Waals surface area contributed by atoms with Gasteiger partial charge in [-0.05, 0) is 66.6 Å². The third kappa shape index (κ3) is 8.61. The number of carboxylic acids is 1. The van der Waals surface area contributed by atoms with Crippen LogP contribution < -0.4 is 26.7 Å². The molecule has 384 valence electrons. The number of amides is 5. The van der Waals surface area contributed by atoms with Crippen LogP contribution in [-0.2, 0) is 74.8 Å². The molecule has 2 aromatic carbocycles. The number of aliphatic hydroxyl groups excluding tert-OH is 3. The van der Waals surface area contributed by atoms with Crippen LogP contribution >= 0.6 is 0 Å². The van der Waals surface area contributed by atoms with Gasteiger partial charge in [0.1, 0.15) is 49.1 Å². The molecule has 3 unspecified atom stereocenters. The van der Waals surface area contributed by atoms with Crippen LogP contribution in [0.15, 0.2) is 47.3 Å². The number of likely N-dealkylation sites (N-methyl/N-ethyl adjacent to an activating group) is 1. The SMILES string of the molecule is CC[C@@]1(O)C(=O)OCc2c1cc1n(c2=O)Cc2c-1nc1cc(F)c(C)c3c1c2[C@@H](NC(=O)OCc1ccc(O[C@@H]2OC(C(=O)O)[C@H](O)C(O)C2O)c(NC(=O)CN(C)C(=O)[C@H](CN)N2C(=O)C=CC2=O)c1)CC3. The van der Waals surface area contributed by atoms with Gasteiger partial charge in [0.2, 0.25) is 18.1 Å². The van der Waals surface area contributed by atoms with E-state index in [0.29, 0.717) is 39.0 Å². The third-order valence-corrected chi connectivity index (χ3v) is 13.8. The number of carbonyl (C=O) groups is 7. The van der Waals surface area contributed by atoms with Crippen molar-refractivity contribution in [3.8, 4) is 17.1 Å². The second-order valence-corrected chi connectivity index (χ2v) is 18.2. The van der Waals surface area contributed by atoms with Gasteiger partial charge in [-0.1, -0.05) is 13.0 Å². The van der Waals surface area contributed by atoms with Crippen LogP contribution in [0.4, 0.5) is 14.9 Å². The normalized spacial score (nSPS) is 24.1. The predicted molar refractivity (Wildman–Crippen MR) is 245 cm³/mol. The molecule has 1 fully saturated rings. The minimum absolute atomic E-state index is 0.0220. The molecule has 5 amide bonds. The zero-order valence-electron chi connectivity index (χ0n) is 39.1. The number of anilines is 1. The number of carbonyl (C=O) groups excluding carboxylic acids is 6. The average molecular weight is 1010 g/mol. The molecule has 25 heteroatoms. The van der Waals surface area contributed by atoms with Crippen molar-refractivity contribution in [3.63, 3.8) is 0 Å². The zero-order valence-corrected chi connectivity index (χ0v) is 39.1. The molecule has 1 saturated heterocycles. The Kier molecular flexibility index (Phi) is 13.1. The first kappa shape index (κ1) is 50.3. The Hall–Kier alpha value is -7.68. The molecule has 0 bridgehead atoms. The van der Waals surface area contributed by atoms with Crippen LogP contribution in [0.1, 0.15) is 64.8 Å². The van der Waals surface area contributed by atoms with E-state index in [-0.39, 0.29) is 71.0 Å². The molecule has 0 radical (unpaired) electrons. The standard InChI is InChI=1S/C48H48FN7O17/c1-4-48(69)24-12-29-37-22(15-55(29)42(63)23(24)18-70-46(48)67)36-26(7-6-21-19(2)25(49)13-28(52-37)35(21)36)53-47(68)71-17-20-5-8-31(72-45-40(62)38(60)39(61)41(73-45)44(65)66)27(11-20)51-32(57)16-54(3)43(64)30(14-50)56-33(58)9-10-34(56)59/h5,8-13,26,30,38-41,45,60-62,69H,4,6-7,14-18,50H2,1-3H3,(H,51,57)(H,53,68)(H,65,66)/t26-,30-,38?,39+,40?,41?,45+,48-/m0/s1. The van der Waals surface area contributed by atoms with Gasteiger partial charge in [0.05, 0.1) is 47.3 Å². The van der Waals surface area contributed by atoms with Gasteiger partial charge < -0.3 is 70.3 Å². The second kappa shape index (κ2) is 19.1. The molecule has 1 aliphatic carbocycles. The lowest BCUT2D eigenvalue weighted by molar-refractivity contribution is -0.271. The van der Waals surface area contributed by atoms with Crippen molar-refractivity contribution < 1.29 is 82.4 Å². The number of aliphatic carboxylic acids is 1. The number of aryl methyl sites for hydroxylation is 1. The number of aliphatic hydroxyl groups is 4. The third-order valence-electron chi connectivity index (χ3n) is 13.8. The molecule has 4 aliphatic heterocycles. The number of hydrogen-bond acceptors (Lipinski definition) is 18. The average Bonchev–Trinajstić information content (AvgIpc) is 3.90. The number of carboxylic acid groups (broad SMARTS) is 1. The zero-order chi connectivity index (χ0) is 52.5. The summed E-state index contributed by atoms with van der Waals surface area (Å²) >= 11 is 0. The van der Waals surface area contributed by atoms with Crippen molar-refractivity contribution in [2.45, 2.75) is 101 Å². The van der Waals surface area contributed by atoms with Gasteiger partial charge in [-0.25, -0.2) is 23.8 Å². The Morgan fingerprint density at radius 1 is 1.03 bits per heavy atom. The van der Waals surface area contributed by atoms with Crippen LogP contribution in [0.2, 0.25) is 0 Å². The van der Waals surface area contributed by atoms with Gasteiger partial charge in [-0.2, -0.15) is 0 Å². The molecule has 2 aromatic heterocycles. The summed E-state index contributed by atoms with van der Waals surface area (Å²) in [5.41, 5.74) is 6.22. The van der Waals surface area contributed by atoms with Crippen LogP contribution in [0.25, 0.3) is 22.3 Å². The predicted octanol–water partition coefficient (Wildman–Crippen LogP) is -0.639. The number of rotatable bonds is 13. The quantitative estimate of drug-likeness (QED) is 0.0537. The Labute approximate surface area is 411 Å². The van der Waals surface area contributed by atoms with Crippen LogP contribution in [0.5, 0.6) is 5.75 Å². The largest absolute Gasteiger partial charge is 0.479 e. The smallest absolute Gasteiger partial charge is 0.407 e. The Balaban J connectivity index is 0.981. The molecule has 9 N–H and O–H groups in total. The lowest BCUT2D eigenvalue weighted by Gasteiger charge is -2.38. The minimum atomic E-state index is -2.10. The van der Waals surface area contributed by atoms with Gasteiger partial charge in [-0.3, -0.25) is 28.9 Å². The van der Waals surface area contributed by atoms with E-state index in [1.165, 1.54) is 41.9 Å². The van der Waals surface area contributed by atoms with E-state index in [1.807, 2.05) is 0 Å². The highest BCUT2D eigenvalue weighted by Crippen LogP contribution is 2.46. The van der Waals surface area contributed by atoms with Gasteiger partial charge in [0.15, 0.2) is 11.7 Å². The number of halogens is 1. The lowest BCUT2D eigenvalue weighted by Crippen LogP contribution is -2.61. The number of ether oxygens (including phenoxy) is 4. The Morgan fingerprint density at radius 3 is 2.44 bits per heavy atom. The number of nitrogens with two attached hydrogens (primary N) is 1. The number of esters is 1. The maximum atomic E-state index is 15.5.